The molecule has 5 aromatic rings. The summed E-state index contributed by atoms with van der Waals surface area (Å²) in [5.41, 5.74) is 7.99. The molecule has 0 aliphatic carbocycles. The molecule has 1 aromatic carbocycles. The van der Waals surface area contributed by atoms with E-state index in [9.17, 15) is 4.79 Å². The number of nitrogens with zero attached hydrogens (tertiary/aromatic N) is 4. The largest absolute Gasteiger partial charge is 0.353 e. The summed E-state index contributed by atoms with van der Waals surface area (Å²) in [5.74, 6) is 0.231. The quantitative estimate of drug-likeness (QED) is 0.194. The molecular formula is C30H28ClN7O. The number of anilines is 2. The Morgan fingerprint density at radius 1 is 1.00 bits per heavy atom. The Balaban J connectivity index is 1.42. The van der Waals surface area contributed by atoms with Crippen molar-refractivity contribution in [3.05, 3.63) is 90.2 Å². The Bertz CT molecular complexity index is 1690. The van der Waals surface area contributed by atoms with Crippen LogP contribution in [0.4, 0.5) is 11.4 Å². The molecule has 0 atom stereocenters. The number of aromatic amines is 1. The average Bonchev–Trinajstić information content (AvgIpc) is 3.33. The number of rotatable bonds is 8. The van der Waals surface area contributed by atoms with Crippen molar-refractivity contribution in [3.63, 3.8) is 0 Å². The van der Waals surface area contributed by atoms with Crippen LogP contribution in [0.3, 0.4) is 0 Å². The number of carbonyl (C=O) groups excluding carboxylic acids is 1. The molecule has 39 heavy (non-hydrogen) atoms. The van der Waals surface area contributed by atoms with Crippen molar-refractivity contribution in [3.8, 4) is 22.3 Å². The highest BCUT2D eigenvalue weighted by atomic mass is 35.5. The zero-order valence-electron chi connectivity index (χ0n) is 21.9. The Kier molecular flexibility index (Phi) is 7.38. The van der Waals surface area contributed by atoms with Crippen LogP contribution in [0.25, 0.3) is 39.0 Å². The van der Waals surface area contributed by atoms with Gasteiger partial charge in [0.2, 0.25) is 5.91 Å². The summed E-state index contributed by atoms with van der Waals surface area (Å²) in [6.07, 6.45) is 9.15. The molecular weight excluding hydrogens is 510 g/mol. The van der Waals surface area contributed by atoms with Crippen LogP contribution >= 0.6 is 11.6 Å². The number of H-pyrrole nitrogens is 1. The van der Waals surface area contributed by atoms with E-state index in [-0.39, 0.29) is 11.8 Å². The van der Waals surface area contributed by atoms with Crippen molar-refractivity contribution in [1.82, 2.24) is 25.1 Å². The van der Waals surface area contributed by atoms with E-state index in [1.165, 1.54) is 0 Å². The summed E-state index contributed by atoms with van der Waals surface area (Å²) >= 11 is 6.21. The third kappa shape index (κ3) is 5.81. The summed E-state index contributed by atoms with van der Waals surface area (Å²) in [4.78, 5) is 25.5. The first-order chi connectivity index (χ1) is 18.8. The highest BCUT2D eigenvalue weighted by molar-refractivity contribution is 6.30. The number of nitrogens with one attached hydrogen (secondary N) is 3. The lowest BCUT2D eigenvalue weighted by molar-refractivity contribution is -0.116. The minimum Gasteiger partial charge on any atom is -0.353 e. The monoisotopic (exact) mass is 537 g/mol. The molecule has 0 bridgehead atoms. The fourth-order valence-corrected chi connectivity index (χ4v) is 4.55. The first kappa shape index (κ1) is 26.1. The van der Waals surface area contributed by atoms with Gasteiger partial charge in [0.15, 0.2) is 5.65 Å². The van der Waals surface area contributed by atoms with Crippen LogP contribution in [-0.4, -0.2) is 31.1 Å². The number of aromatic nitrogens is 5. The summed E-state index contributed by atoms with van der Waals surface area (Å²) in [6.45, 7) is 10.3. The molecule has 4 heterocycles. The topological polar surface area (TPSA) is 108 Å². The molecule has 0 saturated heterocycles. The Hall–Kier alpha value is -4.56. The first-order valence-corrected chi connectivity index (χ1v) is 12.9. The van der Waals surface area contributed by atoms with Gasteiger partial charge in [0.05, 0.1) is 35.2 Å². The first-order valence-electron chi connectivity index (χ1n) is 12.5. The van der Waals surface area contributed by atoms with Gasteiger partial charge in [0.25, 0.3) is 0 Å². The van der Waals surface area contributed by atoms with Crippen molar-refractivity contribution in [2.75, 3.05) is 10.6 Å². The van der Waals surface area contributed by atoms with Gasteiger partial charge in [-0.25, -0.2) is 4.98 Å². The molecule has 4 aromatic heterocycles. The fourth-order valence-electron chi connectivity index (χ4n) is 4.36. The van der Waals surface area contributed by atoms with E-state index in [4.69, 9.17) is 11.6 Å². The van der Waals surface area contributed by atoms with Gasteiger partial charge in [-0.3, -0.25) is 19.9 Å². The predicted octanol–water partition coefficient (Wildman–Crippen LogP) is 7.11. The molecule has 0 radical (unpaired) electrons. The molecule has 5 rings (SSSR count). The fraction of sp³-hybridized carbons (Fsp3) is 0.167. The summed E-state index contributed by atoms with van der Waals surface area (Å²) in [7, 11) is 0. The van der Waals surface area contributed by atoms with Crippen LogP contribution in [0.15, 0.2) is 74.0 Å². The number of fused-ring (bicyclic) bond motifs is 1. The molecule has 196 valence electrons. The number of halogens is 1. The second kappa shape index (κ2) is 11.0. The van der Waals surface area contributed by atoms with Crippen LogP contribution in [-0.2, 0) is 4.79 Å². The van der Waals surface area contributed by atoms with Crippen LogP contribution in [0.5, 0.6) is 0 Å². The molecule has 0 aliphatic heterocycles. The minimum atomic E-state index is -0.0405. The van der Waals surface area contributed by atoms with E-state index in [0.29, 0.717) is 34.2 Å². The summed E-state index contributed by atoms with van der Waals surface area (Å²) in [5, 5.41) is 15.2. The molecule has 1 amide bonds. The highest BCUT2D eigenvalue weighted by Crippen LogP contribution is 2.32. The van der Waals surface area contributed by atoms with Gasteiger partial charge in [-0.05, 0) is 48.2 Å². The van der Waals surface area contributed by atoms with Gasteiger partial charge in [0, 0.05) is 52.1 Å². The van der Waals surface area contributed by atoms with Crippen molar-refractivity contribution in [2.45, 2.75) is 27.2 Å². The molecule has 3 N–H and O–H groups in total. The van der Waals surface area contributed by atoms with Crippen LogP contribution in [0, 0.1) is 12.8 Å². The Morgan fingerprint density at radius 3 is 2.59 bits per heavy atom. The van der Waals surface area contributed by atoms with E-state index in [2.05, 4.69) is 42.4 Å². The molecule has 0 spiro atoms. The lowest BCUT2D eigenvalue weighted by atomic mass is 10.0. The van der Waals surface area contributed by atoms with E-state index in [1.54, 1.807) is 24.8 Å². The number of benzene rings is 1. The van der Waals surface area contributed by atoms with Crippen LogP contribution < -0.4 is 10.6 Å². The molecule has 0 aliphatic rings. The number of hydrogen-bond acceptors (Lipinski definition) is 6. The molecule has 0 unspecified atom stereocenters. The SMILES string of the molecule is C=C(Nc1cncc(-c2cccc(Cl)c2)c1C)c1[nH]nc2ncc(-c3cncc(NC(=O)CC(C)C)c3)cc12. The molecule has 8 nitrogen and oxygen atoms in total. The maximum absolute atomic E-state index is 12.2. The predicted molar refractivity (Wildman–Crippen MR) is 157 cm³/mol. The van der Waals surface area contributed by atoms with Gasteiger partial charge in [0.1, 0.15) is 0 Å². The van der Waals surface area contributed by atoms with Gasteiger partial charge < -0.3 is 10.6 Å². The van der Waals surface area contributed by atoms with Crippen LogP contribution in [0.2, 0.25) is 5.02 Å². The second-order valence-electron chi connectivity index (χ2n) is 9.78. The maximum Gasteiger partial charge on any atom is 0.224 e. The molecule has 9 heteroatoms. The Labute approximate surface area is 231 Å². The summed E-state index contributed by atoms with van der Waals surface area (Å²) in [6, 6.07) is 11.6. The number of amides is 1. The molecule has 0 fully saturated rings. The van der Waals surface area contributed by atoms with Crippen molar-refractivity contribution >= 4 is 45.6 Å². The van der Waals surface area contributed by atoms with E-state index >= 15 is 0 Å². The van der Waals surface area contributed by atoms with Gasteiger partial charge >= 0.3 is 0 Å². The lowest BCUT2D eigenvalue weighted by Crippen LogP contribution is -2.13. The van der Waals surface area contributed by atoms with E-state index < -0.39 is 0 Å². The van der Waals surface area contributed by atoms with Crippen LogP contribution in [0.1, 0.15) is 31.5 Å². The zero-order valence-corrected chi connectivity index (χ0v) is 22.7. The second-order valence-corrected chi connectivity index (χ2v) is 10.2. The standard InChI is InChI=1S/C30H28ClN7O/c1-17(2)8-28(39)36-24-10-21(12-32-14-24)22-11-25-29(37-38-30(25)34-13-22)19(4)35-27-16-33-15-26(18(27)3)20-6-5-7-23(31)9-20/h5-7,9-17,35H,4,8H2,1-3H3,(H,36,39)(H,34,37,38). The van der Waals surface area contributed by atoms with E-state index in [1.807, 2.05) is 63.4 Å². The third-order valence-electron chi connectivity index (χ3n) is 6.30. The zero-order chi connectivity index (χ0) is 27.5. The normalized spacial score (nSPS) is 11.1. The van der Waals surface area contributed by atoms with Crippen molar-refractivity contribution < 1.29 is 4.79 Å². The van der Waals surface area contributed by atoms with Crippen molar-refractivity contribution in [1.29, 1.82) is 0 Å². The van der Waals surface area contributed by atoms with Gasteiger partial charge in [-0.15, -0.1) is 0 Å². The number of pyridine rings is 3. The third-order valence-corrected chi connectivity index (χ3v) is 6.53. The summed E-state index contributed by atoms with van der Waals surface area (Å²) < 4.78 is 0. The van der Waals surface area contributed by atoms with Gasteiger partial charge in [-0.1, -0.05) is 44.2 Å². The molecule has 0 saturated carbocycles. The minimum absolute atomic E-state index is 0.0405. The highest BCUT2D eigenvalue weighted by Gasteiger charge is 2.15. The average molecular weight is 538 g/mol. The Morgan fingerprint density at radius 2 is 1.79 bits per heavy atom. The van der Waals surface area contributed by atoms with Gasteiger partial charge in [-0.2, -0.15) is 5.10 Å². The van der Waals surface area contributed by atoms with Crippen molar-refractivity contribution in [2.24, 2.45) is 5.92 Å². The lowest BCUT2D eigenvalue weighted by Gasteiger charge is -2.14. The number of carbonyl (C=O) groups is 1. The smallest absolute Gasteiger partial charge is 0.224 e. The number of hydrogen-bond donors (Lipinski definition) is 3. The van der Waals surface area contributed by atoms with E-state index in [0.717, 1.165) is 38.9 Å². The maximum atomic E-state index is 12.2.